The van der Waals surface area contributed by atoms with Crippen LogP contribution in [0.1, 0.15) is 10.4 Å². The van der Waals surface area contributed by atoms with Crippen LogP contribution < -0.4 is 9.64 Å². The highest BCUT2D eigenvalue weighted by atomic mass is 32.1. The molecule has 1 aromatic carbocycles. The van der Waals surface area contributed by atoms with Gasteiger partial charge in [-0.15, -0.1) is 12.6 Å². The molecular weight excluding hydrogens is 240 g/mol. The number of nitrogens with zero attached hydrogens (tertiary/aromatic N) is 1. The molecule has 1 atom stereocenters. The molecule has 0 radical (unpaired) electrons. The van der Waals surface area contributed by atoms with Crippen LogP contribution in [0, 0.1) is 0 Å². The number of carbonyl (C=O) groups is 1. The summed E-state index contributed by atoms with van der Waals surface area (Å²) in [6, 6.07) is 3.72. The number of hydrogen-bond acceptors (Lipinski definition) is 4. The van der Waals surface area contributed by atoms with E-state index >= 15 is 0 Å². The smallest absolute Gasteiger partial charge is 0.335 e. The lowest BCUT2D eigenvalue weighted by molar-refractivity contribution is 0.0696. The van der Waals surface area contributed by atoms with Crippen LogP contribution >= 0.6 is 12.6 Å². The van der Waals surface area contributed by atoms with Crippen molar-refractivity contribution in [3.05, 3.63) is 23.8 Å². The van der Waals surface area contributed by atoms with Crippen molar-refractivity contribution in [2.75, 3.05) is 4.90 Å². The maximum atomic E-state index is 12.6. The van der Waals surface area contributed by atoms with E-state index in [1.807, 2.05) is 0 Å². The molecule has 86 valence electrons. The first-order valence-corrected chi connectivity index (χ1v) is 4.81. The average molecular weight is 247 g/mol. The minimum absolute atomic E-state index is 0.0181. The van der Waals surface area contributed by atoms with E-state index in [2.05, 4.69) is 12.6 Å². The van der Waals surface area contributed by atoms with Gasteiger partial charge in [0.05, 0.1) is 11.3 Å². The van der Waals surface area contributed by atoms with Crippen LogP contribution in [0.25, 0.3) is 0 Å². The zero-order valence-electron chi connectivity index (χ0n) is 7.80. The Morgan fingerprint density at radius 1 is 1.56 bits per heavy atom. The predicted octanol–water partition coefficient (Wildman–Crippen LogP) is 2.02. The third kappa shape index (κ3) is 1.67. The number of fused-ring (bicyclic) bond motifs is 1. The van der Waals surface area contributed by atoms with Crippen molar-refractivity contribution in [2.24, 2.45) is 0 Å². The first kappa shape index (κ1) is 11.0. The van der Waals surface area contributed by atoms with E-state index in [0.717, 1.165) is 0 Å². The van der Waals surface area contributed by atoms with Gasteiger partial charge in [-0.25, -0.2) is 4.79 Å². The van der Waals surface area contributed by atoms with Crippen molar-refractivity contribution in [1.82, 2.24) is 0 Å². The molecule has 2 rings (SSSR count). The van der Waals surface area contributed by atoms with Gasteiger partial charge in [0.2, 0.25) is 5.56 Å². The molecule has 4 nitrogen and oxygen atoms in total. The van der Waals surface area contributed by atoms with Gasteiger partial charge in [-0.1, -0.05) is 0 Å². The van der Waals surface area contributed by atoms with Crippen LogP contribution in [0.15, 0.2) is 18.2 Å². The van der Waals surface area contributed by atoms with Gasteiger partial charge in [-0.05, 0) is 18.2 Å². The summed E-state index contributed by atoms with van der Waals surface area (Å²) in [5.74, 6) is -1.04. The minimum atomic E-state index is -2.75. The molecule has 1 unspecified atom stereocenters. The number of alkyl halides is 2. The van der Waals surface area contributed by atoms with Gasteiger partial charge in [0, 0.05) is 0 Å². The Morgan fingerprint density at radius 3 is 2.81 bits per heavy atom. The fourth-order valence-corrected chi connectivity index (χ4v) is 1.78. The molecule has 0 aliphatic carbocycles. The van der Waals surface area contributed by atoms with Gasteiger partial charge < -0.3 is 9.84 Å². The second kappa shape index (κ2) is 3.82. The number of ether oxygens (including phenoxy) is 1. The first-order chi connectivity index (χ1) is 7.50. The molecule has 1 heterocycles. The molecule has 1 aliphatic rings. The molecule has 0 saturated carbocycles. The van der Waals surface area contributed by atoms with Gasteiger partial charge in [-0.2, -0.15) is 8.78 Å². The second-order valence-electron chi connectivity index (χ2n) is 3.12. The highest BCUT2D eigenvalue weighted by molar-refractivity contribution is 7.80. The maximum absolute atomic E-state index is 12.6. The summed E-state index contributed by atoms with van der Waals surface area (Å²) in [5.41, 5.74) is -0.977. The summed E-state index contributed by atoms with van der Waals surface area (Å²) in [6.07, 6.45) is 0. The topological polar surface area (TPSA) is 49.8 Å². The van der Waals surface area contributed by atoms with E-state index in [1.165, 1.54) is 18.2 Å². The molecule has 0 aromatic heterocycles. The number of hydrogen-bond donors (Lipinski definition) is 2. The van der Waals surface area contributed by atoms with Crippen molar-refractivity contribution < 1.29 is 23.4 Å². The number of rotatable bonds is 2. The quantitative estimate of drug-likeness (QED) is 0.620. The predicted molar refractivity (Wildman–Crippen MR) is 55.3 cm³/mol. The normalized spacial score (nSPS) is 18.5. The molecule has 0 spiro atoms. The number of benzene rings is 1. The number of halogens is 2. The Labute approximate surface area is 94.8 Å². The summed E-state index contributed by atoms with van der Waals surface area (Å²) in [4.78, 5) is 11.3. The fourth-order valence-electron chi connectivity index (χ4n) is 1.45. The van der Waals surface area contributed by atoms with E-state index in [-0.39, 0.29) is 17.0 Å². The van der Waals surface area contributed by atoms with E-state index in [9.17, 15) is 13.6 Å². The highest BCUT2D eigenvalue weighted by Crippen LogP contribution is 2.40. The van der Waals surface area contributed by atoms with Gasteiger partial charge in [0.25, 0.3) is 0 Å². The first-order valence-electron chi connectivity index (χ1n) is 4.29. The summed E-state index contributed by atoms with van der Waals surface area (Å²) in [6.45, 7) is -2.75. The Kier molecular flexibility index (Phi) is 2.63. The van der Waals surface area contributed by atoms with Crippen molar-refractivity contribution in [3.63, 3.8) is 0 Å². The summed E-state index contributed by atoms with van der Waals surface area (Å²) >= 11 is 3.83. The zero-order chi connectivity index (χ0) is 11.9. The number of aromatic carboxylic acids is 1. The van der Waals surface area contributed by atoms with E-state index in [0.29, 0.717) is 4.90 Å². The second-order valence-corrected chi connectivity index (χ2v) is 3.56. The number of carboxylic acid groups (broad SMARTS) is 1. The fraction of sp³-hybridized carbons (Fsp3) is 0.222. The van der Waals surface area contributed by atoms with Crippen molar-refractivity contribution in [3.8, 4) is 5.75 Å². The lowest BCUT2D eigenvalue weighted by Gasteiger charge is -2.19. The largest absolute Gasteiger partial charge is 0.478 e. The van der Waals surface area contributed by atoms with E-state index < -0.39 is 18.1 Å². The van der Waals surface area contributed by atoms with Gasteiger partial charge in [-0.3, -0.25) is 4.90 Å². The molecule has 1 N–H and O–H groups in total. The molecule has 0 saturated heterocycles. The van der Waals surface area contributed by atoms with Crippen LogP contribution in [0.5, 0.6) is 5.75 Å². The average Bonchev–Trinajstić information content (AvgIpc) is 2.51. The summed E-state index contributed by atoms with van der Waals surface area (Å²) in [5, 5.41) is 8.72. The lowest BCUT2D eigenvalue weighted by Crippen LogP contribution is -2.34. The molecule has 0 amide bonds. The molecule has 1 aromatic rings. The minimum Gasteiger partial charge on any atom is -0.478 e. The highest BCUT2D eigenvalue weighted by Gasteiger charge is 2.34. The number of thiol groups is 1. The molecule has 1 aliphatic heterocycles. The molecule has 0 fully saturated rings. The third-order valence-corrected chi connectivity index (χ3v) is 2.52. The SMILES string of the molecule is O=C(O)c1ccc2c(c1)OC(S)N2C(F)F. The third-order valence-electron chi connectivity index (χ3n) is 2.17. The van der Waals surface area contributed by atoms with Gasteiger partial charge in [0.15, 0.2) is 0 Å². The van der Waals surface area contributed by atoms with E-state index in [1.54, 1.807) is 0 Å². The van der Waals surface area contributed by atoms with Crippen molar-refractivity contribution >= 4 is 24.3 Å². The number of anilines is 1. The van der Waals surface area contributed by atoms with Crippen molar-refractivity contribution in [2.45, 2.75) is 12.1 Å². The van der Waals surface area contributed by atoms with Crippen LogP contribution in [-0.4, -0.2) is 23.2 Å². The van der Waals surface area contributed by atoms with Gasteiger partial charge in [0.1, 0.15) is 5.75 Å². The van der Waals surface area contributed by atoms with Gasteiger partial charge >= 0.3 is 12.5 Å². The Bertz CT molecular complexity index is 441. The molecule has 16 heavy (non-hydrogen) atoms. The summed E-state index contributed by atoms with van der Waals surface area (Å²) < 4.78 is 30.2. The van der Waals surface area contributed by atoms with Crippen LogP contribution in [0.4, 0.5) is 14.5 Å². The molecule has 7 heteroatoms. The van der Waals surface area contributed by atoms with Crippen LogP contribution in [0.3, 0.4) is 0 Å². The number of carboxylic acids is 1. The molecule has 0 bridgehead atoms. The lowest BCUT2D eigenvalue weighted by atomic mass is 10.2. The van der Waals surface area contributed by atoms with Crippen molar-refractivity contribution in [1.29, 1.82) is 0 Å². The molecular formula is C9H7F2NO3S. The maximum Gasteiger partial charge on any atom is 0.335 e. The zero-order valence-corrected chi connectivity index (χ0v) is 8.70. The standard InChI is InChI=1S/C9H7F2NO3S/c10-8(11)12-5-2-1-4(7(13)14)3-6(5)15-9(12)16/h1-3,8-9,16H,(H,13,14). The summed E-state index contributed by atoms with van der Waals surface area (Å²) in [7, 11) is 0. The Hall–Kier alpha value is -1.50. The van der Waals surface area contributed by atoms with Crippen LogP contribution in [0.2, 0.25) is 0 Å². The monoisotopic (exact) mass is 247 g/mol. The van der Waals surface area contributed by atoms with Crippen LogP contribution in [-0.2, 0) is 0 Å². The Balaban J connectivity index is 2.42. The van der Waals surface area contributed by atoms with E-state index in [4.69, 9.17) is 9.84 Å². The Morgan fingerprint density at radius 2 is 2.25 bits per heavy atom.